The Morgan fingerprint density at radius 1 is 1.36 bits per heavy atom. The van der Waals surface area contributed by atoms with E-state index >= 15 is 0 Å². The molecule has 74 valence electrons. The Morgan fingerprint density at radius 2 is 2.21 bits per heavy atom. The smallest absolute Gasteiger partial charge is 0.0585 e. The van der Waals surface area contributed by atoms with Crippen LogP contribution in [0.2, 0.25) is 0 Å². The minimum Gasteiger partial charge on any atom is -0.395 e. The fraction of sp³-hybridized carbons (Fsp3) is 0.273. The van der Waals surface area contributed by atoms with Crippen LogP contribution in [0.5, 0.6) is 0 Å². The zero-order valence-electron chi connectivity index (χ0n) is 7.90. The molecule has 0 aliphatic carbocycles. The van der Waals surface area contributed by atoms with Gasteiger partial charge in [-0.2, -0.15) is 0 Å². The standard InChI is InChI=1S/C11H14N2O/c12-10(7-14)6-9-3-1-2-8-4-5-13-11(8)9/h1-5,10,13-14H,6-7,12H2. The monoisotopic (exact) mass is 190 g/mol. The summed E-state index contributed by atoms with van der Waals surface area (Å²) in [5.41, 5.74) is 7.98. The van der Waals surface area contributed by atoms with Crippen molar-refractivity contribution in [2.24, 2.45) is 5.73 Å². The fourth-order valence-electron chi connectivity index (χ4n) is 1.67. The molecule has 0 fully saturated rings. The number of aliphatic hydroxyl groups is 1. The van der Waals surface area contributed by atoms with Gasteiger partial charge in [-0.25, -0.2) is 0 Å². The number of benzene rings is 1. The Hall–Kier alpha value is -1.32. The molecule has 0 saturated carbocycles. The highest BCUT2D eigenvalue weighted by Gasteiger charge is 2.06. The quantitative estimate of drug-likeness (QED) is 0.677. The average molecular weight is 190 g/mol. The van der Waals surface area contributed by atoms with E-state index in [9.17, 15) is 0 Å². The predicted octanol–water partition coefficient (Wildman–Crippen LogP) is 1.03. The number of hydrogen-bond donors (Lipinski definition) is 3. The van der Waals surface area contributed by atoms with Gasteiger partial charge in [-0.3, -0.25) is 0 Å². The maximum Gasteiger partial charge on any atom is 0.0585 e. The second-order valence-electron chi connectivity index (χ2n) is 3.51. The highest BCUT2D eigenvalue weighted by Crippen LogP contribution is 2.17. The molecule has 1 atom stereocenters. The van der Waals surface area contributed by atoms with Crippen LogP contribution in [0.3, 0.4) is 0 Å². The van der Waals surface area contributed by atoms with Crippen LogP contribution in [0.4, 0.5) is 0 Å². The number of nitrogens with two attached hydrogens (primary N) is 1. The van der Waals surface area contributed by atoms with Gasteiger partial charge in [-0.15, -0.1) is 0 Å². The number of aliphatic hydroxyl groups excluding tert-OH is 1. The zero-order valence-corrected chi connectivity index (χ0v) is 7.90. The molecule has 4 N–H and O–H groups in total. The molecule has 1 unspecified atom stereocenters. The molecule has 0 radical (unpaired) electrons. The highest BCUT2D eigenvalue weighted by molar-refractivity contribution is 5.82. The molecule has 1 heterocycles. The van der Waals surface area contributed by atoms with Gasteiger partial charge in [0.25, 0.3) is 0 Å². The average Bonchev–Trinajstić information content (AvgIpc) is 2.66. The Labute approximate surface area is 82.6 Å². The number of aromatic nitrogens is 1. The Balaban J connectivity index is 2.36. The fourth-order valence-corrected chi connectivity index (χ4v) is 1.67. The first-order valence-electron chi connectivity index (χ1n) is 4.72. The lowest BCUT2D eigenvalue weighted by Gasteiger charge is -2.08. The molecule has 2 aromatic rings. The topological polar surface area (TPSA) is 62.0 Å². The second kappa shape index (κ2) is 3.82. The van der Waals surface area contributed by atoms with Gasteiger partial charge < -0.3 is 15.8 Å². The summed E-state index contributed by atoms with van der Waals surface area (Å²) in [5, 5.41) is 10.1. The molecule has 3 heteroatoms. The summed E-state index contributed by atoms with van der Waals surface area (Å²) in [7, 11) is 0. The molecule has 0 spiro atoms. The van der Waals surface area contributed by atoms with Gasteiger partial charge in [-0.1, -0.05) is 18.2 Å². The van der Waals surface area contributed by atoms with E-state index in [1.54, 1.807) is 0 Å². The van der Waals surface area contributed by atoms with E-state index in [4.69, 9.17) is 10.8 Å². The number of rotatable bonds is 3. The predicted molar refractivity (Wildman–Crippen MR) is 57.1 cm³/mol. The van der Waals surface area contributed by atoms with Crippen molar-refractivity contribution in [1.29, 1.82) is 0 Å². The van der Waals surface area contributed by atoms with Gasteiger partial charge in [0.05, 0.1) is 6.61 Å². The van der Waals surface area contributed by atoms with Crippen LogP contribution in [0.1, 0.15) is 5.56 Å². The first-order chi connectivity index (χ1) is 6.81. The molecule has 1 aromatic heterocycles. The molecule has 0 bridgehead atoms. The van der Waals surface area contributed by atoms with Crippen LogP contribution in [-0.2, 0) is 6.42 Å². The molecule has 0 amide bonds. The Bertz CT molecular complexity index is 422. The zero-order chi connectivity index (χ0) is 9.97. The van der Waals surface area contributed by atoms with E-state index in [0.717, 1.165) is 11.1 Å². The molecule has 1 aromatic carbocycles. The molecular weight excluding hydrogens is 176 g/mol. The minimum absolute atomic E-state index is 0.0249. The summed E-state index contributed by atoms with van der Waals surface area (Å²) in [6.45, 7) is 0.0249. The first kappa shape index (κ1) is 9.24. The van der Waals surface area contributed by atoms with Crippen molar-refractivity contribution in [2.75, 3.05) is 6.61 Å². The van der Waals surface area contributed by atoms with Gasteiger partial charge in [0, 0.05) is 17.8 Å². The van der Waals surface area contributed by atoms with E-state index < -0.39 is 0 Å². The summed E-state index contributed by atoms with van der Waals surface area (Å²) in [6.07, 6.45) is 2.62. The molecule has 14 heavy (non-hydrogen) atoms. The lowest BCUT2D eigenvalue weighted by Crippen LogP contribution is -2.26. The van der Waals surface area contributed by atoms with Crippen molar-refractivity contribution in [3.8, 4) is 0 Å². The molecule has 0 aliphatic heterocycles. The molecule has 0 aliphatic rings. The van der Waals surface area contributed by atoms with E-state index in [1.807, 2.05) is 24.4 Å². The third-order valence-electron chi connectivity index (χ3n) is 2.39. The van der Waals surface area contributed by atoms with Crippen molar-refractivity contribution in [2.45, 2.75) is 12.5 Å². The lowest BCUT2D eigenvalue weighted by atomic mass is 10.0. The number of fused-ring (bicyclic) bond motifs is 1. The van der Waals surface area contributed by atoms with E-state index in [0.29, 0.717) is 6.42 Å². The van der Waals surface area contributed by atoms with Crippen molar-refractivity contribution < 1.29 is 5.11 Å². The first-order valence-corrected chi connectivity index (χ1v) is 4.72. The largest absolute Gasteiger partial charge is 0.395 e. The van der Waals surface area contributed by atoms with Crippen LogP contribution >= 0.6 is 0 Å². The summed E-state index contributed by atoms with van der Waals surface area (Å²) in [6, 6.07) is 7.96. The summed E-state index contributed by atoms with van der Waals surface area (Å²) in [5.74, 6) is 0. The van der Waals surface area contributed by atoms with Crippen LogP contribution in [-0.4, -0.2) is 22.7 Å². The van der Waals surface area contributed by atoms with Crippen molar-refractivity contribution in [3.63, 3.8) is 0 Å². The van der Waals surface area contributed by atoms with Crippen LogP contribution in [0, 0.1) is 0 Å². The van der Waals surface area contributed by atoms with Gasteiger partial charge >= 0.3 is 0 Å². The van der Waals surface area contributed by atoms with Gasteiger partial charge in [-0.05, 0) is 23.4 Å². The molecule has 2 rings (SSSR count). The van der Waals surface area contributed by atoms with Crippen molar-refractivity contribution in [1.82, 2.24) is 4.98 Å². The number of para-hydroxylation sites is 1. The second-order valence-corrected chi connectivity index (χ2v) is 3.51. The maximum atomic E-state index is 8.88. The SMILES string of the molecule is NC(CO)Cc1cccc2cc[nH]c12. The van der Waals surface area contributed by atoms with Crippen molar-refractivity contribution in [3.05, 3.63) is 36.0 Å². The van der Waals surface area contributed by atoms with E-state index in [-0.39, 0.29) is 12.6 Å². The van der Waals surface area contributed by atoms with Gasteiger partial charge in [0.2, 0.25) is 0 Å². The number of aromatic amines is 1. The summed E-state index contributed by atoms with van der Waals surface area (Å²) < 4.78 is 0. The van der Waals surface area contributed by atoms with Gasteiger partial charge in [0.15, 0.2) is 0 Å². The molecule has 3 nitrogen and oxygen atoms in total. The third kappa shape index (κ3) is 1.64. The normalized spacial score (nSPS) is 13.3. The van der Waals surface area contributed by atoms with Crippen LogP contribution < -0.4 is 5.73 Å². The van der Waals surface area contributed by atoms with Gasteiger partial charge in [0.1, 0.15) is 0 Å². The Kier molecular flexibility index (Phi) is 2.52. The molecular formula is C11H14N2O. The molecule has 0 saturated heterocycles. The van der Waals surface area contributed by atoms with E-state index in [1.165, 1.54) is 5.39 Å². The lowest BCUT2D eigenvalue weighted by molar-refractivity contribution is 0.265. The van der Waals surface area contributed by atoms with Crippen LogP contribution in [0.25, 0.3) is 10.9 Å². The number of nitrogens with one attached hydrogen (secondary N) is 1. The number of hydrogen-bond acceptors (Lipinski definition) is 2. The van der Waals surface area contributed by atoms with Crippen LogP contribution in [0.15, 0.2) is 30.5 Å². The minimum atomic E-state index is -0.177. The van der Waals surface area contributed by atoms with E-state index in [2.05, 4.69) is 11.1 Å². The number of H-pyrrole nitrogens is 1. The Morgan fingerprint density at radius 3 is 3.00 bits per heavy atom. The summed E-state index contributed by atoms with van der Waals surface area (Å²) in [4.78, 5) is 3.18. The summed E-state index contributed by atoms with van der Waals surface area (Å²) >= 11 is 0. The maximum absolute atomic E-state index is 8.88. The van der Waals surface area contributed by atoms with Crippen molar-refractivity contribution >= 4 is 10.9 Å². The third-order valence-corrected chi connectivity index (χ3v) is 2.39. The highest BCUT2D eigenvalue weighted by atomic mass is 16.3.